The van der Waals surface area contributed by atoms with E-state index >= 15 is 0 Å². The van der Waals surface area contributed by atoms with Crippen LogP contribution in [0.4, 0.5) is 0 Å². The Hall–Kier alpha value is -1.42. The van der Waals surface area contributed by atoms with E-state index in [1.54, 1.807) is 12.1 Å². The first kappa shape index (κ1) is 9.67. The zero-order valence-corrected chi connectivity index (χ0v) is 7.14. The molecule has 0 spiro atoms. The van der Waals surface area contributed by atoms with Crippen molar-refractivity contribution in [1.82, 2.24) is 4.98 Å². The highest BCUT2D eigenvalue weighted by Crippen LogP contribution is 1.99. The molecule has 0 aromatic carbocycles. The van der Waals surface area contributed by atoms with E-state index in [0.29, 0.717) is 12.0 Å². The second-order valence-electron chi connectivity index (χ2n) is 2.45. The van der Waals surface area contributed by atoms with E-state index in [-0.39, 0.29) is 19.2 Å². The maximum atomic E-state index is 11.2. The van der Waals surface area contributed by atoms with Gasteiger partial charge < -0.3 is 9.84 Å². The monoisotopic (exact) mass is 181 g/mol. The van der Waals surface area contributed by atoms with Crippen molar-refractivity contribution in [3.8, 4) is 0 Å². The predicted molar refractivity (Wildman–Crippen MR) is 46.2 cm³/mol. The number of aliphatic hydroxyl groups is 1. The molecule has 1 N–H and O–H groups in total. The molecule has 0 aliphatic heterocycles. The number of rotatable bonds is 4. The topological polar surface area (TPSA) is 59.4 Å². The van der Waals surface area contributed by atoms with Crippen LogP contribution in [0.3, 0.4) is 0 Å². The molecular formula is C9H11NO3. The molecule has 0 fully saturated rings. The van der Waals surface area contributed by atoms with Crippen LogP contribution in [0.1, 0.15) is 16.8 Å². The maximum absolute atomic E-state index is 11.2. The number of aliphatic hydroxyl groups excluding tert-OH is 1. The quantitative estimate of drug-likeness (QED) is 0.546. The van der Waals surface area contributed by atoms with Crippen LogP contribution in [0, 0.1) is 0 Å². The summed E-state index contributed by atoms with van der Waals surface area (Å²) in [6, 6.07) is 3.17. The minimum atomic E-state index is -0.379. The van der Waals surface area contributed by atoms with Crippen molar-refractivity contribution in [1.29, 1.82) is 0 Å². The molecule has 0 aliphatic rings. The molecule has 0 saturated heterocycles. The molecule has 0 aliphatic carbocycles. The van der Waals surface area contributed by atoms with Crippen LogP contribution < -0.4 is 0 Å². The SMILES string of the molecule is O=C(OCCCO)c1ccncc1. The second-order valence-corrected chi connectivity index (χ2v) is 2.45. The number of pyridine rings is 1. The molecular weight excluding hydrogens is 170 g/mol. The van der Waals surface area contributed by atoms with E-state index in [2.05, 4.69) is 4.98 Å². The fourth-order valence-corrected chi connectivity index (χ4v) is 0.801. The largest absolute Gasteiger partial charge is 0.462 e. The number of aromatic nitrogens is 1. The molecule has 0 unspecified atom stereocenters. The molecule has 1 aromatic rings. The van der Waals surface area contributed by atoms with Gasteiger partial charge in [-0.3, -0.25) is 4.98 Å². The molecule has 1 heterocycles. The van der Waals surface area contributed by atoms with Crippen LogP contribution in [-0.4, -0.2) is 29.3 Å². The number of esters is 1. The highest BCUT2D eigenvalue weighted by atomic mass is 16.5. The Morgan fingerprint density at radius 1 is 1.46 bits per heavy atom. The molecule has 13 heavy (non-hydrogen) atoms. The molecule has 0 radical (unpaired) electrons. The van der Waals surface area contributed by atoms with Gasteiger partial charge in [0.1, 0.15) is 0 Å². The summed E-state index contributed by atoms with van der Waals surface area (Å²) in [5.41, 5.74) is 0.480. The van der Waals surface area contributed by atoms with Gasteiger partial charge in [0.25, 0.3) is 0 Å². The van der Waals surface area contributed by atoms with Gasteiger partial charge in [-0.1, -0.05) is 0 Å². The lowest BCUT2D eigenvalue weighted by Gasteiger charge is -2.02. The van der Waals surface area contributed by atoms with Gasteiger partial charge in [-0.25, -0.2) is 4.79 Å². The summed E-state index contributed by atoms with van der Waals surface area (Å²) >= 11 is 0. The van der Waals surface area contributed by atoms with Crippen LogP contribution in [0.25, 0.3) is 0 Å². The summed E-state index contributed by atoms with van der Waals surface area (Å²) in [7, 11) is 0. The van der Waals surface area contributed by atoms with Crippen LogP contribution >= 0.6 is 0 Å². The van der Waals surface area contributed by atoms with Crippen LogP contribution in [0.15, 0.2) is 24.5 Å². The van der Waals surface area contributed by atoms with Gasteiger partial charge in [0.15, 0.2) is 0 Å². The van der Waals surface area contributed by atoms with Crippen molar-refractivity contribution in [2.75, 3.05) is 13.2 Å². The first-order chi connectivity index (χ1) is 6.34. The minimum absolute atomic E-state index is 0.0314. The van der Waals surface area contributed by atoms with Crippen molar-refractivity contribution in [2.45, 2.75) is 6.42 Å². The molecule has 1 aromatic heterocycles. The second kappa shape index (κ2) is 5.27. The summed E-state index contributed by atoms with van der Waals surface area (Å²) < 4.78 is 4.84. The Bertz CT molecular complexity index is 261. The summed E-state index contributed by atoms with van der Waals surface area (Å²) in [6.45, 7) is 0.279. The summed E-state index contributed by atoms with van der Waals surface area (Å²) in [6.07, 6.45) is 3.53. The van der Waals surface area contributed by atoms with Crippen molar-refractivity contribution in [2.24, 2.45) is 0 Å². The van der Waals surface area contributed by atoms with E-state index in [1.807, 2.05) is 0 Å². The molecule has 1 rings (SSSR count). The van der Waals surface area contributed by atoms with E-state index < -0.39 is 0 Å². The van der Waals surface area contributed by atoms with E-state index in [1.165, 1.54) is 12.4 Å². The van der Waals surface area contributed by atoms with Gasteiger partial charge in [0.2, 0.25) is 0 Å². The fourth-order valence-electron chi connectivity index (χ4n) is 0.801. The van der Waals surface area contributed by atoms with Crippen molar-refractivity contribution < 1.29 is 14.6 Å². The average molecular weight is 181 g/mol. The Morgan fingerprint density at radius 3 is 2.77 bits per heavy atom. The normalized spacial score (nSPS) is 9.62. The molecule has 0 amide bonds. The number of carbonyl (C=O) groups excluding carboxylic acids is 1. The van der Waals surface area contributed by atoms with Crippen molar-refractivity contribution in [3.63, 3.8) is 0 Å². The maximum Gasteiger partial charge on any atom is 0.338 e. The van der Waals surface area contributed by atoms with Crippen molar-refractivity contribution in [3.05, 3.63) is 30.1 Å². The van der Waals surface area contributed by atoms with E-state index in [0.717, 1.165) is 0 Å². The zero-order chi connectivity index (χ0) is 9.52. The lowest BCUT2D eigenvalue weighted by molar-refractivity contribution is 0.0482. The van der Waals surface area contributed by atoms with E-state index in [9.17, 15) is 4.79 Å². The van der Waals surface area contributed by atoms with Gasteiger partial charge in [-0.15, -0.1) is 0 Å². The number of ether oxygens (including phenoxy) is 1. The third kappa shape index (κ3) is 3.21. The zero-order valence-electron chi connectivity index (χ0n) is 7.14. The number of hydrogen-bond donors (Lipinski definition) is 1. The molecule has 4 heteroatoms. The standard InChI is InChI=1S/C9H11NO3/c11-6-1-7-13-9(12)8-2-4-10-5-3-8/h2-5,11H,1,6-7H2. The number of carbonyl (C=O) groups is 1. The Morgan fingerprint density at radius 2 is 2.15 bits per heavy atom. The third-order valence-electron chi connectivity index (χ3n) is 1.45. The van der Waals surface area contributed by atoms with Gasteiger partial charge in [0.05, 0.1) is 12.2 Å². The average Bonchev–Trinajstić information content (AvgIpc) is 2.19. The molecule has 70 valence electrons. The highest BCUT2D eigenvalue weighted by molar-refractivity contribution is 5.89. The summed E-state index contributed by atoms with van der Waals surface area (Å²) in [4.78, 5) is 15.0. The number of nitrogens with zero attached hydrogens (tertiary/aromatic N) is 1. The van der Waals surface area contributed by atoms with E-state index in [4.69, 9.17) is 9.84 Å². The lowest BCUT2D eigenvalue weighted by Crippen LogP contribution is -2.07. The first-order valence-corrected chi connectivity index (χ1v) is 4.02. The van der Waals surface area contributed by atoms with Crippen LogP contribution in [0.2, 0.25) is 0 Å². The highest BCUT2D eigenvalue weighted by Gasteiger charge is 2.04. The van der Waals surface area contributed by atoms with Gasteiger partial charge >= 0.3 is 5.97 Å². The number of hydrogen-bond acceptors (Lipinski definition) is 4. The Labute approximate surface area is 76.2 Å². The summed E-state index contributed by atoms with van der Waals surface area (Å²) in [5, 5.41) is 8.45. The minimum Gasteiger partial charge on any atom is -0.462 e. The first-order valence-electron chi connectivity index (χ1n) is 4.02. The van der Waals surface area contributed by atoms with Crippen molar-refractivity contribution >= 4 is 5.97 Å². The smallest absolute Gasteiger partial charge is 0.338 e. The Balaban J connectivity index is 2.40. The molecule has 0 saturated carbocycles. The van der Waals surface area contributed by atoms with Gasteiger partial charge in [0, 0.05) is 25.4 Å². The van der Waals surface area contributed by atoms with Crippen LogP contribution in [0.5, 0.6) is 0 Å². The van der Waals surface area contributed by atoms with Crippen LogP contribution in [-0.2, 0) is 4.74 Å². The molecule has 0 bridgehead atoms. The molecule has 4 nitrogen and oxygen atoms in total. The summed E-state index contributed by atoms with van der Waals surface area (Å²) in [5.74, 6) is -0.379. The van der Waals surface area contributed by atoms with Gasteiger partial charge in [-0.05, 0) is 12.1 Å². The predicted octanol–water partition coefficient (Wildman–Crippen LogP) is 0.621. The van der Waals surface area contributed by atoms with Gasteiger partial charge in [-0.2, -0.15) is 0 Å². The Kier molecular flexibility index (Phi) is 3.92. The molecule has 0 atom stereocenters. The third-order valence-corrected chi connectivity index (χ3v) is 1.45. The fraction of sp³-hybridized carbons (Fsp3) is 0.333. The lowest BCUT2D eigenvalue weighted by atomic mass is 10.3.